The number of methoxy groups -OCH3 is 3. The first-order valence-electron chi connectivity index (χ1n) is 9.86. The van der Waals surface area contributed by atoms with Crippen molar-refractivity contribution < 1.29 is 19.0 Å². The Hall–Kier alpha value is -3.87. The number of para-hydroxylation sites is 2. The summed E-state index contributed by atoms with van der Waals surface area (Å²) in [5, 5.41) is 1.85. The Kier molecular flexibility index (Phi) is 5.58. The lowest BCUT2D eigenvalue weighted by molar-refractivity contribution is 0.0949. The van der Waals surface area contributed by atoms with E-state index in [0.717, 1.165) is 16.9 Å². The molecule has 0 saturated carbocycles. The Labute approximate surface area is 181 Å². The number of hydrogen-bond acceptors (Lipinski definition) is 6. The predicted molar refractivity (Wildman–Crippen MR) is 120 cm³/mol. The molecule has 3 aromatic rings. The first kappa shape index (κ1) is 20.4. The molecule has 0 bridgehead atoms. The zero-order valence-corrected chi connectivity index (χ0v) is 18.0. The number of fused-ring (bicyclic) bond motifs is 1. The highest BCUT2D eigenvalue weighted by atomic mass is 16.5. The third-order valence-electron chi connectivity index (χ3n) is 5.38. The van der Waals surface area contributed by atoms with Crippen molar-refractivity contribution in [1.82, 2.24) is 5.43 Å². The molecule has 1 unspecified atom stereocenters. The molecule has 0 radical (unpaired) electrons. The number of nitrogens with zero attached hydrogens (tertiary/aromatic N) is 2. The van der Waals surface area contributed by atoms with Gasteiger partial charge in [0.2, 0.25) is 5.75 Å². The summed E-state index contributed by atoms with van der Waals surface area (Å²) in [6, 6.07) is 21.1. The van der Waals surface area contributed by atoms with Crippen molar-refractivity contribution >= 4 is 17.3 Å². The van der Waals surface area contributed by atoms with E-state index in [2.05, 4.69) is 10.3 Å². The molecule has 0 aliphatic carbocycles. The van der Waals surface area contributed by atoms with Crippen LogP contribution in [0, 0.1) is 0 Å². The predicted octanol–water partition coefficient (Wildman–Crippen LogP) is 4.01. The smallest absolute Gasteiger partial charge is 0.271 e. The lowest BCUT2D eigenvalue weighted by Crippen LogP contribution is -2.47. The highest BCUT2D eigenvalue weighted by molar-refractivity contribution is 6.01. The second-order valence-corrected chi connectivity index (χ2v) is 7.11. The SMILES string of the molecule is COc1cc(C2N(C)c3ccccc3C(=O)NN2c2ccccc2)cc(OC)c1OC. The standard InChI is InChI=1S/C24H25N3O4/c1-26-19-13-9-8-12-18(19)23(28)25-27(17-10-6-5-7-11-17)24(26)16-14-20(29-2)22(31-4)21(15-16)30-3/h5-15,24H,1-4H3,(H,25,28). The van der Waals surface area contributed by atoms with Gasteiger partial charge in [0.05, 0.1) is 38.3 Å². The molecule has 7 nitrogen and oxygen atoms in total. The number of hydrazine groups is 1. The zero-order chi connectivity index (χ0) is 22.0. The van der Waals surface area contributed by atoms with E-state index in [4.69, 9.17) is 14.2 Å². The van der Waals surface area contributed by atoms with Crippen molar-refractivity contribution in [2.75, 3.05) is 38.3 Å². The van der Waals surface area contributed by atoms with Gasteiger partial charge in [0.25, 0.3) is 5.91 Å². The monoisotopic (exact) mass is 419 g/mol. The van der Waals surface area contributed by atoms with Gasteiger partial charge in [0.1, 0.15) is 6.17 Å². The second-order valence-electron chi connectivity index (χ2n) is 7.11. The van der Waals surface area contributed by atoms with Crippen LogP contribution in [0.1, 0.15) is 22.1 Å². The molecule has 31 heavy (non-hydrogen) atoms. The number of rotatable bonds is 5. The van der Waals surface area contributed by atoms with E-state index in [1.54, 1.807) is 21.3 Å². The topological polar surface area (TPSA) is 63.3 Å². The van der Waals surface area contributed by atoms with Gasteiger partial charge in [-0.25, -0.2) is 0 Å². The molecule has 1 amide bonds. The van der Waals surface area contributed by atoms with Crippen LogP contribution in [0.3, 0.4) is 0 Å². The molecule has 1 heterocycles. The molecule has 1 atom stereocenters. The molecule has 0 saturated heterocycles. The quantitative estimate of drug-likeness (QED) is 0.674. The fraction of sp³-hybridized carbons (Fsp3) is 0.208. The summed E-state index contributed by atoms with van der Waals surface area (Å²) < 4.78 is 16.6. The average Bonchev–Trinajstić information content (AvgIpc) is 2.93. The van der Waals surface area contributed by atoms with Crippen LogP contribution in [0.15, 0.2) is 66.7 Å². The fourth-order valence-electron chi connectivity index (χ4n) is 3.93. The third kappa shape index (κ3) is 3.59. The Morgan fingerprint density at radius 3 is 2.06 bits per heavy atom. The Morgan fingerprint density at radius 1 is 0.839 bits per heavy atom. The first-order valence-corrected chi connectivity index (χ1v) is 9.86. The summed E-state index contributed by atoms with van der Waals surface area (Å²) in [6.45, 7) is 0. The molecule has 4 rings (SSSR count). The summed E-state index contributed by atoms with van der Waals surface area (Å²) >= 11 is 0. The van der Waals surface area contributed by atoms with Crippen LogP contribution in [0.25, 0.3) is 0 Å². The van der Waals surface area contributed by atoms with E-state index in [0.29, 0.717) is 22.8 Å². The van der Waals surface area contributed by atoms with E-state index in [-0.39, 0.29) is 12.1 Å². The number of benzene rings is 3. The molecule has 0 fully saturated rings. The van der Waals surface area contributed by atoms with Crippen molar-refractivity contribution in [2.24, 2.45) is 0 Å². The van der Waals surface area contributed by atoms with Crippen LogP contribution in [-0.2, 0) is 0 Å². The number of hydrogen-bond donors (Lipinski definition) is 1. The average molecular weight is 419 g/mol. The normalized spacial score (nSPS) is 15.6. The van der Waals surface area contributed by atoms with Gasteiger partial charge in [-0.15, -0.1) is 0 Å². The van der Waals surface area contributed by atoms with E-state index in [1.807, 2.05) is 78.8 Å². The minimum Gasteiger partial charge on any atom is -0.493 e. The van der Waals surface area contributed by atoms with Gasteiger partial charge >= 0.3 is 0 Å². The number of nitrogens with one attached hydrogen (secondary N) is 1. The molecule has 0 aromatic heterocycles. The third-order valence-corrected chi connectivity index (χ3v) is 5.38. The highest BCUT2D eigenvalue weighted by Crippen LogP contribution is 2.43. The molecule has 1 aliphatic heterocycles. The van der Waals surface area contributed by atoms with Crippen LogP contribution in [0.5, 0.6) is 17.2 Å². The summed E-state index contributed by atoms with van der Waals surface area (Å²) in [5.74, 6) is 1.42. The van der Waals surface area contributed by atoms with Gasteiger partial charge in [-0.1, -0.05) is 30.3 Å². The molecule has 3 aromatic carbocycles. The summed E-state index contributed by atoms with van der Waals surface area (Å²) in [7, 11) is 6.71. The van der Waals surface area contributed by atoms with Gasteiger partial charge in [0, 0.05) is 12.6 Å². The number of carbonyl (C=O) groups excluding carboxylic acids is 1. The number of ether oxygens (including phenoxy) is 3. The molecule has 1 aliphatic rings. The van der Waals surface area contributed by atoms with Gasteiger partial charge in [0.15, 0.2) is 11.5 Å². The Bertz CT molecular complexity index is 1060. The molecule has 1 N–H and O–H groups in total. The van der Waals surface area contributed by atoms with Crippen LogP contribution in [0.2, 0.25) is 0 Å². The minimum absolute atomic E-state index is 0.179. The highest BCUT2D eigenvalue weighted by Gasteiger charge is 2.34. The van der Waals surface area contributed by atoms with Crippen LogP contribution >= 0.6 is 0 Å². The number of anilines is 2. The minimum atomic E-state index is -0.385. The van der Waals surface area contributed by atoms with Crippen molar-refractivity contribution in [3.05, 3.63) is 77.9 Å². The van der Waals surface area contributed by atoms with E-state index < -0.39 is 0 Å². The molecular weight excluding hydrogens is 394 g/mol. The van der Waals surface area contributed by atoms with Crippen molar-refractivity contribution in [1.29, 1.82) is 0 Å². The van der Waals surface area contributed by atoms with Crippen molar-refractivity contribution in [3.63, 3.8) is 0 Å². The van der Waals surface area contributed by atoms with Crippen molar-refractivity contribution in [3.8, 4) is 17.2 Å². The van der Waals surface area contributed by atoms with E-state index in [9.17, 15) is 4.79 Å². The largest absolute Gasteiger partial charge is 0.493 e. The van der Waals surface area contributed by atoms with E-state index in [1.165, 1.54) is 0 Å². The number of carbonyl (C=O) groups is 1. The second kappa shape index (κ2) is 8.47. The molecule has 160 valence electrons. The summed E-state index contributed by atoms with van der Waals surface area (Å²) in [5.41, 5.74) is 6.19. The maximum absolute atomic E-state index is 13.1. The van der Waals surface area contributed by atoms with Crippen LogP contribution in [-0.4, -0.2) is 34.3 Å². The lowest BCUT2D eigenvalue weighted by atomic mass is 10.1. The van der Waals surface area contributed by atoms with E-state index >= 15 is 0 Å². The first-order chi connectivity index (χ1) is 15.1. The molecule has 7 heteroatoms. The molecule has 0 spiro atoms. The Morgan fingerprint density at radius 2 is 1.45 bits per heavy atom. The van der Waals surface area contributed by atoms with Gasteiger partial charge < -0.3 is 19.1 Å². The summed E-state index contributed by atoms with van der Waals surface area (Å²) in [6.07, 6.45) is -0.385. The van der Waals surface area contributed by atoms with Crippen LogP contribution in [0.4, 0.5) is 11.4 Å². The number of amides is 1. The fourth-order valence-corrected chi connectivity index (χ4v) is 3.93. The van der Waals surface area contributed by atoms with Crippen LogP contribution < -0.4 is 29.5 Å². The zero-order valence-electron chi connectivity index (χ0n) is 18.0. The van der Waals surface area contributed by atoms with Gasteiger partial charge in [-0.05, 0) is 36.4 Å². The van der Waals surface area contributed by atoms with Crippen molar-refractivity contribution in [2.45, 2.75) is 6.17 Å². The lowest BCUT2D eigenvalue weighted by Gasteiger charge is -2.38. The maximum Gasteiger partial charge on any atom is 0.271 e. The molecular formula is C24H25N3O4. The summed E-state index contributed by atoms with van der Waals surface area (Å²) in [4.78, 5) is 15.2. The Balaban J connectivity index is 1.94. The maximum atomic E-state index is 13.1. The van der Waals surface area contributed by atoms with Gasteiger partial charge in [-0.2, -0.15) is 0 Å². The van der Waals surface area contributed by atoms with Gasteiger partial charge in [-0.3, -0.25) is 15.2 Å².